The van der Waals surface area contributed by atoms with Gasteiger partial charge in [0.1, 0.15) is 12.4 Å². The molecule has 3 heteroatoms. The number of rotatable bonds is 6. The van der Waals surface area contributed by atoms with Crippen molar-refractivity contribution in [1.82, 2.24) is 0 Å². The molecule has 0 amide bonds. The van der Waals surface area contributed by atoms with Crippen LogP contribution in [0.1, 0.15) is 26.3 Å². The number of benzene rings is 1. The molecule has 0 spiro atoms. The Bertz CT molecular complexity index is 298. The van der Waals surface area contributed by atoms with Gasteiger partial charge in [0.15, 0.2) is 0 Å². The van der Waals surface area contributed by atoms with Gasteiger partial charge in [-0.2, -0.15) is 0 Å². The molecular formula is C13H20O3. The molecule has 0 heterocycles. The van der Waals surface area contributed by atoms with Crippen LogP contribution in [0, 0.1) is 0 Å². The first-order valence-corrected chi connectivity index (χ1v) is 5.57. The van der Waals surface area contributed by atoms with E-state index in [0.717, 1.165) is 11.3 Å². The van der Waals surface area contributed by atoms with Crippen LogP contribution < -0.4 is 4.74 Å². The van der Waals surface area contributed by atoms with Gasteiger partial charge < -0.3 is 14.6 Å². The maximum atomic E-state index is 9.77. The van der Waals surface area contributed by atoms with Crippen LogP contribution in [0.15, 0.2) is 24.3 Å². The number of aliphatic hydroxyl groups is 1. The third-order valence-electron chi connectivity index (χ3n) is 2.26. The maximum absolute atomic E-state index is 9.77. The lowest BCUT2D eigenvalue weighted by Gasteiger charge is -2.17. The van der Waals surface area contributed by atoms with Crippen molar-refractivity contribution in [2.24, 2.45) is 0 Å². The highest BCUT2D eigenvalue weighted by Crippen LogP contribution is 2.22. The van der Waals surface area contributed by atoms with E-state index in [1.165, 1.54) is 0 Å². The molecule has 1 aromatic rings. The third-order valence-corrected chi connectivity index (χ3v) is 2.26. The van der Waals surface area contributed by atoms with E-state index in [9.17, 15) is 5.11 Å². The van der Waals surface area contributed by atoms with Gasteiger partial charge in [-0.05, 0) is 38.5 Å². The zero-order valence-corrected chi connectivity index (χ0v) is 10.2. The Morgan fingerprint density at radius 2 is 1.75 bits per heavy atom. The number of hydrogen-bond donors (Lipinski definition) is 1. The van der Waals surface area contributed by atoms with Crippen LogP contribution >= 0.6 is 0 Å². The van der Waals surface area contributed by atoms with Crippen molar-refractivity contribution in [2.45, 2.75) is 26.4 Å². The minimum absolute atomic E-state index is 0.551. The van der Waals surface area contributed by atoms with Gasteiger partial charge in [0, 0.05) is 6.61 Å². The summed E-state index contributed by atoms with van der Waals surface area (Å²) in [4.78, 5) is 0. The second-order valence-corrected chi connectivity index (χ2v) is 4.13. The SMILES string of the molecule is CCOCCOc1ccc(C(C)(C)O)cc1. The Morgan fingerprint density at radius 1 is 1.12 bits per heavy atom. The normalized spacial score (nSPS) is 11.5. The lowest BCUT2D eigenvalue weighted by Crippen LogP contribution is -2.15. The third kappa shape index (κ3) is 4.21. The van der Waals surface area contributed by atoms with E-state index in [1.807, 2.05) is 31.2 Å². The van der Waals surface area contributed by atoms with Crippen molar-refractivity contribution >= 4 is 0 Å². The lowest BCUT2D eigenvalue weighted by atomic mass is 9.99. The molecule has 1 rings (SSSR count). The highest BCUT2D eigenvalue weighted by atomic mass is 16.5. The average Bonchev–Trinajstić information content (AvgIpc) is 2.24. The smallest absolute Gasteiger partial charge is 0.119 e. The van der Waals surface area contributed by atoms with Crippen LogP contribution in [0.4, 0.5) is 0 Å². The Kier molecular flexibility index (Phi) is 4.77. The largest absolute Gasteiger partial charge is 0.491 e. The fraction of sp³-hybridized carbons (Fsp3) is 0.538. The quantitative estimate of drug-likeness (QED) is 0.754. The van der Waals surface area contributed by atoms with Crippen molar-refractivity contribution in [3.63, 3.8) is 0 Å². The van der Waals surface area contributed by atoms with E-state index in [0.29, 0.717) is 19.8 Å². The van der Waals surface area contributed by atoms with Crippen molar-refractivity contribution < 1.29 is 14.6 Å². The molecule has 0 aliphatic heterocycles. The van der Waals surface area contributed by atoms with Gasteiger partial charge in [-0.15, -0.1) is 0 Å². The Morgan fingerprint density at radius 3 is 2.25 bits per heavy atom. The molecule has 0 aromatic heterocycles. The minimum atomic E-state index is -0.802. The molecular weight excluding hydrogens is 204 g/mol. The fourth-order valence-electron chi connectivity index (χ4n) is 1.32. The van der Waals surface area contributed by atoms with E-state index < -0.39 is 5.60 Å². The molecule has 0 atom stereocenters. The maximum Gasteiger partial charge on any atom is 0.119 e. The summed E-state index contributed by atoms with van der Waals surface area (Å²) in [6, 6.07) is 7.46. The predicted molar refractivity (Wildman–Crippen MR) is 63.7 cm³/mol. The van der Waals surface area contributed by atoms with Crippen LogP contribution in [-0.4, -0.2) is 24.9 Å². The summed E-state index contributed by atoms with van der Waals surface area (Å²) in [6.07, 6.45) is 0. The van der Waals surface area contributed by atoms with Crippen LogP contribution in [-0.2, 0) is 10.3 Å². The van der Waals surface area contributed by atoms with Gasteiger partial charge in [-0.25, -0.2) is 0 Å². The zero-order valence-electron chi connectivity index (χ0n) is 10.2. The predicted octanol–water partition coefficient (Wildman–Crippen LogP) is 2.33. The number of hydrogen-bond acceptors (Lipinski definition) is 3. The van der Waals surface area contributed by atoms with E-state index in [4.69, 9.17) is 9.47 Å². The van der Waals surface area contributed by atoms with Gasteiger partial charge in [0.2, 0.25) is 0 Å². The van der Waals surface area contributed by atoms with Crippen molar-refractivity contribution in [1.29, 1.82) is 0 Å². The average molecular weight is 224 g/mol. The Balaban J connectivity index is 2.46. The standard InChI is InChI=1S/C13H20O3/c1-4-15-9-10-16-12-7-5-11(6-8-12)13(2,3)14/h5-8,14H,4,9-10H2,1-3H3. The molecule has 0 aliphatic rings. The van der Waals surface area contributed by atoms with Gasteiger partial charge in [-0.1, -0.05) is 12.1 Å². The molecule has 16 heavy (non-hydrogen) atoms. The van der Waals surface area contributed by atoms with E-state index >= 15 is 0 Å². The molecule has 1 aromatic carbocycles. The summed E-state index contributed by atoms with van der Waals surface area (Å²) < 4.78 is 10.6. The summed E-state index contributed by atoms with van der Waals surface area (Å²) in [5, 5.41) is 9.77. The first-order chi connectivity index (χ1) is 7.54. The van der Waals surface area contributed by atoms with Gasteiger partial charge in [0.25, 0.3) is 0 Å². The van der Waals surface area contributed by atoms with Crippen LogP contribution in [0.2, 0.25) is 0 Å². The minimum Gasteiger partial charge on any atom is -0.491 e. The van der Waals surface area contributed by atoms with Crippen molar-refractivity contribution in [3.8, 4) is 5.75 Å². The van der Waals surface area contributed by atoms with Gasteiger partial charge in [0.05, 0.1) is 12.2 Å². The van der Waals surface area contributed by atoms with Gasteiger partial charge >= 0.3 is 0 Å². The van der Waals surface area contributed by atoms with Crippen molar-refractivity contribution in [2.75, 3.05) is 19.8 Å². The first kappa shape index (κ1) is 13.0. The summed E-state index contributed by atoms with van der Waals surface area (Å²) in [6.45, 7) is 7.34. The zero-order chi connectivity index (χ0) is 12.0. The summed E-state index contributed by atoms with van der Waals surface area (Å²) in [5.41, 5.74) is 0.0776. The second kappa shape index (κ2) is 5.87. The second-order valence-electron chi connectivity index (χ2n) is 4.13. The molecule has 0 fully saturated rings. The van der Waals surface area contributed by atoms with Crippen molar-refractivity contribution in [3.05, 3.63) is 29.8 Å². The van der Waals surface area contributed by atoms with E-state index in [-0.39, 0.29) is 0 Å². The highest BCUT2D eigenvalue weighted by molar-refractivity contribution is 5.30. The summed E-state index contributed by atoms with van der Waals surface area (Å²) in [5.74, 6) is 0.799. The van der Waals surface area contributed by atoms with Crippen LogP contribution in [0.25, 0.3) is 0 Å². The summed E-state index contributed by atoms with van der Waals surface area (Å²) in [7, 11) is 0. The fourth-order valence-corrected chi connectivity index (χ4v) is 1.32. The molecule has 0 saturated carbocycles. The van der Waals surface area contributed by atoms with Crippen LogP contribution in [0.5, 0.6) is 5.75 Å². The molecule has 1 N–H and O–H groups in total. The lowest BCUT2D eigenvalue weighted by molar-refractivity contribution is 0.0784. The molecule has 0 saturated heterocycles. The van der Waals surface area contributed by atoms with E-state index in [1.54, 1.807) is 13.8 Å². The molecule has 90 valence electrons. The Labute approximate surface area is 97.0 Å². The molecule has 0 unspecified atom stereocenters. The molecule has 0 bridgehead atoms. The Hall–Kier alpha value is -1.06. The molecule has 0 aliphatic carbocycles. The van der Waals surface area contributed by atoms with Crippen LogP contribution in [0.3, 0.4) is 0 Å². The first-order valence-electron chi connectivity index (χ1n) is 5.57. The summed E-state index contributed by atoms with van der Waals surface area (Å²) >= 11 is 0. The topological polar surface area (TPSA) is 38.7 Å². The molecule has 0 radical (unpaired) electrons. The number of ether oxygens (including phenoxy) is 2. The monoisotopic (exact) mass is 224 g/mol. The van der Waals surface area contributed by atoms with E-state index in [2.05, 4.69) is 0 Å². The van der Waals surface area contributed by atoms with Gasteiger partial charge in [-0.3, -0.25) is 0 Å². The molecule has 3 nitrogen and oxygen atoms in total. The highest BCUT2D eigenvalue weighted by Gasteiger charge is 2.15.